The third kappa shape index (κ3) is 12.2. The summed E-state index contributed by atoms with van der Waals surface area (Å²) in [5.74, 6) is -0.0803. The van der Waals surface area contributed by atoms with Crippen LogP contribution in [0.2, 0.25) is 0 Å². The van der Waals surface area contributed by atoms with Gasteiger partial charge in [0.25, 0.3) is 0 Å². The molecule has 0 fully saturated rings. The van der Waals surface area contributed by atoms with E-state index in [1.165, 1.54) is 6.42 Å². The van der Waals surface area contributed by atoms with Crippen LogP contribution in [0, 0.1) is 5.41 Å². The number of carbonyl (C=O) groups excluding carboxylic acids is 1. The molecule has 114 valence electrons. The minimum atomic E-state index is -0.367. The lowest BCUT2D eigenvalue weighted by Gasteiger charge is -2.32. The quantitative estimate of drug-likeness (QED) is 0.545. The Kier molecular flexibility index (Phi) is 6.53. The number of nitrogens with zero attached hydrogens (tertiary/aromatic N) is 1. The van der Waals surface area contributed by atoms with E-state index in [0.29, 0.717) is 11.8 Å². The Hall–Kier alpha value is -0.570. The predicted octanol–water partition coefficient (Wildman–Crippen LogP) is 3.62. The molecular weight excluding hydrogens is 238 g/mol. The highest BCUT2D eigenvalue weighted by Crippen LogP contribution is 2.20. The molecule has 0 aliphatic rings. The fraction of sp³-hybridized carbons (Fsp3) is 0.938. The van der Waals surface area contributed by atoms with Gasteiger partial charge in [-0.25, -0.2) is 0 Å². The van der Waals surface area contributed by atoms with Gasteiger partial charge in [-0.2, -0.15) is 0 Å². The second-order valence-electron chi connectivity index (χ2n) is 8.38. The molecular formula is C16H34NO2+. The van der Waals surface area contributed by atoms with Crippen molar-refractivity contribution in [3.63, 3.8) is 0 Å². The molecule has 0 radical (unpaired) electrons. The molecule has 0 aromatic carbocycles. The summed E-state index contributed by atoms with van der Waals surface area (Å²) >= 11 is 0. The van der Waals surface area contributed by atoms with Crippen LogP contribution in [-0.2, 0) is 9.53 Å². The Balaban J connectivity index is 3.95. The molecule has 19 heavy (non-hydrogen) atoms. The molecule has 0 heterocycles. The lowest BCUT2D eigenvalue weighted by molar-refractivity contribution is -0.891. The number of ether oxygens (including phenoxy) is 1. The molecule has 3 nitrogen and oxygen atoms in total. The average Bonchev–Trinajstić information content (AvgIpc) is 2.10. The first kappa shape index (κ1) is 18.4. The Morgan fingerprint density at radius 2 is 1.53 bits per heavy atom. The first-order valence-corrected chi connectivity index (χ1v) is 7.35. The zero-order valence-electron chi connectivity index (χ0n) is 14.3. The number of hydrogen-bond acceptors (Lipinski definition) is 2. The predicted molar refractivity (Wildman–Crippen MR) is 81.0 cm³/mol. The molecule has 0 rings (SSSR count). The average molecular weight is 272 g/mol. The van der Waals surface area contributed by atoms with Crippen LogP contribution in [0.15, 0.2) is 0 Å². The SMILES string of the molecule is CC(C)(C)CC[N+](C)(C)CCCC(=O)OC(C)(C)C. The maximum Gasteiger partial charge on any atom is 0.306 e. The fourth-order valence-electron chi connectivity index (χ4n) is 1.79. The molecule has 0 aliphatic heterocycles. The molecule has 0 atom stereocenters. The van der Waals surface area contributed by atoms with Gasteiger partial charge in [0.2, 0.25) is 0 Å². The topological polar surface area (TPSA) is 26.3 Å². The van der Waals surface area contributed by atoms with Crippen molar-refractivity contribution in [1.82, 2.24) is 0 Å². The summed E-state index contributed by atoms with van der Waals surface area (Å²) in [6.07, 6.45) is 2.62. The smallest absolute Gasteiger partial charge is 0.306 e. The van der Waals surface area contributed by atoms with Gasteiger partial charge in [0.15, 0.2) is 0 Å². The standard InChI is InChI=1S/C16H34NO2/c1-15(2,3)11-13-17(7,8)12-9-10-14(18)19-16(4,5)6/h9-13H2,1-8H3/q+1. The first-order valence-electron chi connectivity index (χ1n) is 7.35. The van der Waals surface area contributed by atoms with Crippen LogP contribution in [0.3, 0.4) is 0 Å². The summed E-state index contributed by atoms with van der Waals surface area (Å²) < 4.78 is 6.29. The summed E-state index contributed by atoms with van der Waals surface area (Å²) in [4.78, 5) is 11.6. The molecule has 0 amide bonds. The number of quaternary nitrogens is 1. The van der Waals surface area contributed by atoms with Gasteiger partial charge in [0.05, 0.1) is 33.6 Å². The zero-order valence-corrected chi connectivity index (χ0v) is 14.3. The van der Waals surface area contributed by atoms with Gasteiger partial charge in [-0.3, -0.25) is 4.79 Å². The molecule has 0 aliphatic carbocycles. The van der Waals surface area contributed by atoms with Crippen LogP contribution >= 0.6 is 0 Å². The van der Waals surface area contributed by atoms with E-state index in [9.17, 15) is 4.79 Å². The maximum atomic E-state index is 11.6. The van der Waals surface area contributed by atoms with E-state index in [-0.39, 0.29) is 11.6 Å². The van der Waals surface area contributed by atoms with E-state index in [2.05, 4.69) is 34.9 Å². The summed E-state index contributed by atoms with van der Waals surface area (Å²) in [7, 11) is 4.47. The molecule has 0 spiro atoms. The van der Waals surface area contributed by atoms with Crippen LogP contribution in [0.4, 0.5) is 0 Å². The zero-order chi connectivity index (χ0) is 15.3. The van der Waals surface area contributed by atoms with Crippen LogP contribution in [0.25, 0.3) is 0 Å². The van der Waals surface area contributed by atoms with Crippen molar-refractivity contribution in [2.45, 2.75) is 66.4 Å². The Labute approximate surface area is 119 Å². The van der Waals surface area contributed by atoms with Gasteiger partial charge in [-0.1, -0.05) is 20.8 Å². The third-order valence-corrected chi connectivity index (χ3v) is 3.03. The minimum absolute atomic E-state index is 0.0803. The monoisotopic (exact) mass is 272 g/mol. The van der Waals surface area contributed by atoms with Crippen molar-refractivity contribution in [2.75, 3.05) is 27.2 Å². The van der Waals surface area contributed by atoms with Crippen molar-refractivity contribution >= 4 is 5.97 Å². The summed E-state index contributed by atoms with van der Waals surface area (Å²) in [5.41, 5.74) is 0.00831. The van der Waals surface area contributed by atoms with Crippen LogP contribution in [-0.4, -0.2) is 43.2 Å². The molecule has 3 heteroatoms. The number of esters is 1. The normalized spacial score (nSPS) is 13.5. The molecule has 0 saturated heterocycles. The minimum Gasteiger partial charge on any atom is -0.460 e. The van der Waals surface area contributed by atoms with Gasteiger partial charge >= 0.3 is 5.97 Å². The Morgan fingerprint density at radius 1 is 1.00 bits per heavy atom. The van der Waals surface area contributed by atoms with Crippen molar-refractivity contribution in [2.24, 2.45) is 5.41 Å². The van der Waals surface area contributed by atoms with Crippen LogP contribution in [0.1, 0.15) is 60.8 Å². The summed E-state index contributed by atoms with van der Waals surface area (Å²) in [6.45, 7) is 14.7. The lowest BCUT2D eigenvalue weighted by Crippen LogP contribution is -2.42. The van der Waals surface area contributed by atoms with E-state index in [4.69, 9.17) is 4.74 Å². The lowest BCUT2D eigenvalue weighted by atomic mass is 9.92. The van der Waals surface area contributed by atoms with Gasteiger partial charge in [0, 0.05) is 12.8 Å². The third-order valence-electron chi connectivity index (χ3n) is 3.03. The molecule has 0 aromatic rings. The van der Waals surface area contributed by atoms with Crippen molar-refractivity contribution in [1.29, 1.82) is 0 Å². The number of carbonyl (C=O) groups is 1. The van der Waals surface area contributed by atoms with Gasteiger partial charge in [-0.15, -0.1) is 0 Å². The number of rotatable bonds is 6. The van der Waals surface area contributed by atoms with Crippen molar-refractivity contribution in [3.05, 3.63) is 0 Å². The summed E-state index contributed by atoms with van der Waals surface area (Å²) in [5, 5.41) is 0. The molecule has 0 unspecified atom stereocenters. The van der Waals surface area contributed by atoms with E-state index in [1.54, 1.807) is 0 Å². The van der Waals surface area contributed by atoms with E-state index in [1.807, 2.05) is 20.8 Å². The van der Waals surface area contributed by atoms with Gasteiger partial charge in [0.1, 0.15) is 5.60 Å². The highest BCUT2D eigenvalue weighted by atomic mass is 16.6. The largest absolute Gasteiger partial charge is 0.460 e. The molecule has 0 bridgehead atoms. The molecule has 0 saturated carbocycles. The fourth-order valence-corrected chi connectivity index (χ4v) is 1.79. The summed E-state index contributed by atoms with van der Waals surface area (Å²) in [6, 6.07) is 0. The maximum absolute atomic E-state index is 11.6. The van der Waals surface area contributed by atoms with Crippen molar-refractivity contribution in [3.8, 4) is 0 Å². The van der Waals surface area contributed by atoms with Gasteiger partial charge < -0.3 is 9.22 Å². The Bertz CT molecular complexity index is 282. The highest BCUT2D eigenvalue weighted by molar-refractivity contribution is 5.69. The molecule has 0 aromatic heterocycles. The second-order valence-corrected chi connectivity index (χ2v) is 8.38. The highest BCUT2D eigenvalue weighted by Gasteiger charge is 2.21. The van der Waals surface area contributed by atoms with Crippen LogP contribution in [0.5, 0.6) is 0 Å². The second kappa shape index (κ2) is 6.74. The van der Waals surface area contributed by atoms with E-state index >= 15 is 0 Å². The number of hydrogen-bond donors (Lipinski definition) is 0. The van der Waals surface area contributed by atoms with Crippen molar-refractivity contribution < 1.29 is 14.0 Å². The molecule has 0 N–H and O–H groups in total. The van der Waals surface area contributed by atoms with Gasteiger partial charge in [-0.05, 0) is 26.2 Å². The van der Waals surface area contributed by atoms with E-state index in [0.717, 1.165) is 24.0 Å². The van der Waals surface area contributed by atoms with Crippen LogP contribution < -0.4 is 0 Å². The van der Waals surface area contributed by atoms with E-state index < -0.39 is 0 Å². The Morgan fingerprint density at radius 3 is 1.95 bits per heavy atom. The first-order chi connectivity index (χ1) is 8.31.